The molecule has 0 bridgehead atoms. The van der Waals surface area contributed by atoms with Crippen LogP contribution in [0.25, 0.3) is 0 Å². The first kappa shape index (κ1) is 14.3. The SMILES string of the molecule is CN1CCN(c2c(F)cc(CNC3CC3)cc2F)CC1=O. The van der Waals surface area contributed by atoms with Gasteiger partial charge in [0.1, 0.15) is 17.3 Å². The monoisotopic (exact) mass is 295 g/mol. The van der Waals surface area contributed by atoms with Gasteiger partial charge >= 0.3 is 0 Å². The largest absolute Gasteiger partial charge is 0.356 e. The Bertz CT molecular complexity index is 537. The fraction of sp³-hybridized carbons (Fsp3) is 0.533. The number of nitrogens with zero attached hydrogens (tertiary/aromatic N) is 2. The average molecular weight is 295 g/mol. The molecule has 1 heterocycles. The maximum atomic E-state index is 14.2. The third-order valence-corrected chi connectivity index (χ3v) is 4.02. The van der Waals surface area contributed by atoms with E-state index in [1.807, 2.05) is 0 Å². The van der Waals surface area contributed by atoms with Crippen LogP contribution in [0, 0.1) is 11.6 Å². The minimum absolute atomic E-state index is 0.0179. The number of nitrogens with one attached hydrogen (secondary N) is 1. The van der Waals surface area contributed by atoms with Crippen LogP contribution >= 0.6 is 0 Å². The number of carbonyl (C=O) groups is 1. The quantitative estimate of drug-likeness (QED) is 0.914. The highest BCUT2D eigenvalue weighted by Gasteiger charge is 2.26. The highest BCUT2D eigenvalue weighted by Crippen LogP contribution is 2.27. The maximum Gasteiger partial charge on any atom is 0.241 e. The summed E-state index contributed by atoms with van der Waals surface area (Å²) in [4.78, 5) is 14.7. The summed E-state index contributed by atoms with van der Waals surface area (Å²) in [6, 6.07) is 3.21. The van der Waals surface area contributed by atoms with E-state index in [-0.39, 0.29) is 18.1 Å². The molecule has 0 unspecified atom stereocenters. The van der Waals surface area contributed by atoms with Crippen LogP contribution in [0.15, 0.2) is 12.1 Å². The molecular formula is C15H19F2N3O. The van der Waals surface area contributed by atoms with Gasteiger partial charge in [-0.25, -0.2) is 8.78 Å². The summed E-state index contributed by atoms with van der Waals surface area (Å²) < 4.78 is 28.5. The van der Waals surface area contributed by atoms with Gasteiger partial charge in [-0.1, -0.05) is 0 Å². The van der Waals surface area contributed by atoms with Crippen LogP contribution in [0.5, 0.6) is 0 Å². The normalized spacial score (nSPS) is 19.3. The van der Waals surface area contributed by atoms with Gasteiger partial charge in [0.2, 0.25) is 5.91 Å². The molecule has 1 aromatic carbocycles. The molecule has 0 atom stereocenters. The van der Waals surface area contributed by atoms with E-state index < -0.39 is 11.6 Å². The second kappa shape index (κ2) is 5.60. The number of carbonyl (C=O) groups excluding carboxylic acids is 1. The first-order valence-corrected chi connectivity index (χ1v) is 7.25. The second-order valence-electron chi connectivity index (χ2n) is 5.80. The van der Waals surface area contributed by atoms with Crippen molar-refractivity contribution in [2.45, 2.75) is 25.4 Å². The zero-order valence-corrected chi connectivity index (χ0v) is 12.0. The summed E-state index contributed by atoms with van der Waals surface area (Å²) in [6.45, 7) is 1.41. The van der Waals surface area contributed by atoms with Crippen molar-refractivity contribution >= 4 is 11.6 Å². The van der Waals surface area contributed by atoms with Crippen molar-refractivity contribution in [3.05, 3.63) is 29.3 Å². The molecule has 21 heavy (non-hydrogen) atoms. The molecule has 1 amide bonds. The molecule has 1 saturated heterocycles. The average Bonchev–Trinajstić information content (AvgIpc) is 3.24. The van der Waals surface area contributed by atoms with Gasteiger partial charge < -0.3 is 15.1 Å². The summed E-state index contributed by atoms with van der Waals surface area (Å²) in [5.41, 5.74) is 0.507. The first-order chi connectivity index (χ1) is 10.0. The standard InChI is InChI=1S/C15H19F2N3O/c1-19-4-5-20(9-14(19)21)15-12(16)6-10(7-13(15)17)8-18-11-2-3-11/h6-7,11,18H,2-5,8-9H2,1H3. The fourth-order valence-electron chi connectivity index (χ4n) is 2.52. The molecular weight excluding hydrogens is 276 g/mol. The Kier molecular flexibility index (Phi) is 3.80. The molecule has 4 nitrogen and oxygen atoms in total. The van der Waals surface area contributed by atoms with E-state index in [2.05, 4.69) is 5.32 Å². The molecule has 2 fully saturated rings. The predicted molar refractivity (Wildman–Crippen MR) is 76.1 cm³/mol. The van der Waals surface area contributed by atoms with Crippen LogP contribution in [0.3, 0.4) is 0 Å². The Morgan fingerprint density at radius 3 is 2.48 bits per heavy atom. The summed E-state index contributed by atoms with van der Waals surface area (Å²) in [5.74, 6) is -1.32. The van der Waals surface area contributed by atoms with Crippen LogP contribution in [-0.4, -0.2) is 43.5 Å². The topological polar surface area (TPSA) is 35.6 Å². The van der Waals surface area contributed by atoms with Crippen molar-refractivity contribution in [3.8, 4) is 0 Å². The number of hydrogen-bond donors (Lipinski definition) is 1. The Labute approximate surface area is 122 Å². The van der Waals surface area contributed by atoms with E-state index in [9.17, 15) is 13.6 Å². The number of piperazine rings is 1. The van der Waals surface area contributed by atoms with Gasteiger partial charge in [-0.15, -0.1) is 0 Å². The van der Waals surface area contributed by atoms with Gasteiger partial charge in [0.25, 0.3) is 0 Å². The fourth-order valence-corrected chi connectivity index (χ4v) is 2.52. The third kappa shape index (κ3) is 3.15. The number of amides is 1. The molecule has 0 spiro atoms. The number of rotatable bonds is 4. The van der Waals surface area contributed by atoms with Gasteiger partial charge in [-0.2, -0.15) is 0 Å². The van der Waals surface area contributed by atoms with E-state index in [1.165, 1.54) is 17.0 Å². The maximum absolute atomic E-state index is 14.2. The predicted octanol–water partition coefficient (Wildman–Crippen LogP) is 1.50. The minimum atomic E-state index is -0.597. The lowest BCUT2D eigenvalue weighted by Crippen LogP contribution is -2.49. The highest BCUT2D eigenvalue weighted by atomic mass is 19.1. The third-order valence-electron chi connectivity index (χ3n) is 4.02. The van der Waals surface area contributed by atoms with Gasteiger partial charge in [-0.3, -0.25) is 4.79 Å². The van der Waals surface area contributed by atoms with E-state index in [0.717, 1.165) is 12.8 Å². The van der Waals surface area contributed by atoms with Crippen molar-refractivity contribution in [3.63, 3.8) is 0 Å². The molecule has 6 heteroatoms. The molecule has 3 rings (SSSR count). The Morgan fingerprint density at radius 2 is 1.90 bits per heavy atom. The summed E-state index contributed by atoms with van der Waals surface area (Å²) in [7, 11) is 1.69. The van der Waals surface area contributed by atoms with E-state index in [4.69, 9.17) is 0 Å². The summed E-state index contributed by atoms with van der Waals surface area (Å²) in [5, 5.41) is 3.23. The highest BCUT2D eigenvalue weighted by molar-refractivity contribution is 5.82. The summed E-state index contributed by atoms with van der Waals surface area (Å²) >= 11 is 0. The van der Waals surface area contributed by atoms with Gasteiger partial charge in [-0.05, 0) is 30.5 Å². The second-order valence-corrected chi connectivity index (χ2v) is 5.80. The number of halogens is 2. The van der Waals surface area contributed by atoms with Crippen molar-refractivity contribution in [2.75, 3.05) is 31.6 Å². The number of anilines is 1. The van der Waals surface area contributed by atoms with E-state index in [0.29, 0.717) is 31.2 Å². The molecule has 1 aliphatic heterocycles. The number of hydrogen-bond acceptors (Lipinski definition) is 3. The van der Waals surface area contributed by atoms with Crippen LogP contribution in [0.1, 0.15) is 18.4 Å². The molecule has 1 aliphatic carbocycles. The van der Waals surface area contributed by atoms with E-state index >= 15 is 0 Å². The molecule has 1 saturated carbocycles. The van der Waals surface area contributed by atoms with Crippen LogP contribution in [0.4, 0.5) is 14.5 Å². The Morgan fingerprint density at radius 1 is 1.24 bits per heavy atom. The van der Waals surface area contributed by atoms with Crippen LogP contribution in [0.2, 0.25) is 0 Å². The number of benzene rings is 1. The molecule has 0 aromatic heterocycles. The van der Waals surface area contributed by atoms with E-state index in [1.54, 1.807) is 11.9 Å². The van der Waals surface area contributed by atoms with Gasteiger partial charge in [0, 0.05) is 32.7 Å². The zero-order chi connectivity index (χ0) is 15.0. The lowest BCUT2D eigenvalue weighted by Gasteiger charge is -2.33. The molecule has 1 N–H and O–H groups in total. The van der Waals surface area contributed by atoms with Crippen LogP contribution in [-0.2, 0) is 11.3 Å². The first-order valence-electron chi connectivity index (χ1n) is 7.25. The molecule has 1 aromatic rings. The van der Waals surface area contributed by atoms with Gasteiger partial charge in [0.15, 0.2) is 0 Å². The molecule has 2 aliphatic rings. The Balaban J connectivity index is 1.76. The summed E-state index contributed by atoms with van der Waals surface area (Å²) in [6.07, 6.45) is 2.26. The lowest BCUT2D eigenvalue weighted by molar-refractivity contribution is -0.129. The number of likely N-dealkylation sites (N-methyl/N-ethyl adjacent to an activating group) is 1. The minimum Gasteiger partial charge on any atom is -0.356 e. The smallest absolute Gasteiger partial charge is 0.241 e. The van der Waals surface area contributed by atoms with Crippen molar-refractivity contribution in [1.82, 2.24) is 10.2 Å². The van der Waals surface area contributed by atoms with Crippen molar-refractivity contribution in [1.29, 1.82) is 0 Å². The molecule has 0 radical (unpaired) electrons. The van der Waals surface area contributed by atoms with Gasteiger partial charge in [0.05, 0.1) is 6.54 Å². The van der Waals surface area contributed by atoms with Crippen molar-refractivity contribution in [2.24, 2.45) is 0 Å². The zero-order valence-electron chi connectivity index (χ0n) is 12.0. The molecule has 114 valence electrons. The van der Waals surface area contributed by atoms with Crippen molar-refractivity contribution < 1.29 is 13.6 Å². The van der Waals surface area contributed by atoms with Crippen LogP contribution < -0.4 is 10.2 Å². The Hall–Kier alpha value is -1.69. The lowest BCUT2D eigenvalue weighted by atomic mass is 10.1.